The largest absolute Gasteiger partial charge is 0.378 e. The molecule has 0 unspecified atom stereocenters. The van der Waals surface area contributed by atoms with Crippen molar-refractivity contribution in [2.45, 2.75) is 25.7 Å². The van der Waals surface area contributed by atoms with Gasteiger partial charge in [0.05, 0.1) is 13.2 Å². The molecule has 0 aliphatic carbocycles. The van der Waals surface area contributed by atoms with Crippen LogP contribution in [0.15, 0.2) is 24.3 Å². The number of ether oxygens (including phenoxy) is 1. The molecule has 0 N–H and O–H groups in total. The van der Waals surface area contributed by atoms with Gasteiger partial charge in [0.2, 0.25) is 0 Å². The summed E-state index contributed by atoms with van der Waals surface area (Å²) in [5.74, 6) is 0.0299. The zero-order valence-electron chi connectivity index (χ0n) is 13.5. The van der Waals surface area contributed by atoms with Crippen molar-refractivity contribution < 1.29 is 14.3 Å². The average Bonchev–Trinajstić information content (AvgIpc) is 2.91. The van der Waals surface area contributed by atoms with Gasteiger partial charge in [-0.05, 0) is 31.0 Å². The first-order valence-electron chi connectivity index (χ1n) is 8.52. The molecule has 0 aromatic heterocycles. The number of hydrogen-bond acceptors (Lipinski definition) is 3. The molecule has 0 bridgehead atoms. The van der Waals surface area contributed by atoms with E-state index in [2.05, 4.69) is 0 Å². The Morgan fingerprint density at radius 3 is 1.87 bits per heavy atom. The van der Waals surface area contributed by atoms with Gasteiger partial charge in [-0.1, -0.05) is 18.9 Å². The number of amides is 2. The molecule has 1 aromatic rings. The minimum Gasteiger partial charge on any atom is -0.378 e. The van der Waals surface area contributed by atoms with Crippen LogP contribution in [0.4, 0.5) is 0 Å². The van der Waals surface area contributed by atoms with Crippen molar-refractivity contribution in [3.63, 3.8) is 0 Å². The molecule has 2 fully saturated rings. The molecular weight excluding hydrogens is 292 g/mol. The Labute approximate surface area is 137 Å². The van der Waals surface area contributed by atoms with E-state index in [-0.39, 0.29) is 11.8 Å². The first-order chi connectivity index (χ1) is 11.3. The molecule has 5 nitrogen and oxygen atoms in total. The van der Waals surface area contributed by atoms with Gasteiger partial charge in [0.25, 0.3) is 11.8 Å². The molecule has 0 radical (unpaired) electrons. The van der Waals surface area contributed by atoms with Crippen LogP contribution in [0.5, 0.6) is 0 Å². The van der Waals surface area contributed by atoms with Crippen molar-refractivity contribution in [2.75, 3.05) is 39.4 Å². The van der Waals surface area contributed by atoms with Crippen LogP contribution in [0, 0.1) is 0 Å². The maximum atomic E-state index is 12.7. The molecule has 23 heavy (non-hydrogen) atoms. The SMILES string of the molecule is O=C(c1cccc(C(=O)N2CCOCC2)c1)N1CCCCCC1. The fourth-order valence-electron chi connectivity index (χ4n) is 3.19. The van der Waals surface area contributed by atoms with Crippen LogP contribution in [0.25, 0.3) is 0 Å². The van der Waals surface area contributed by atoms with E-state index in [1.807, 2.05) is 11.0 Å². The normalized spacial score (nSPS) is 19.3. The second-order valence-corrected chi connectivity index (χ2v) is 6.19. The summed E-state index contributed by atoms with van der Waals surface area (Å²) in [4.78, 5) is 28.9. The number of likely N-dealkylation sites (tertiary alicyclic amines) is 1. The van der Waals surface area contributed by atoms with E-state index in [4.69, 9.17) is 4.74 Å². The molecule has 124 valence electrons. The second kappa shape index (κ2) is 7.59. The van der Waals surface area contributed by atoms with E-state index in [9.17, 15) is 9.59 Å². The third-order valence-electron chi connectivity index (χ3n) is 4.55. The zero-order chi connectivity index (χ0) is 16.1. The molecule has 2 amide bonds. The molecule has 0 atom stereocenters. The first kappa shape index (κ1) is 16.0. The summed E-state index contributed by atoms with van der Waals surface area (Å²) in [7, 11) is 0. The van der Waals surface area contributed by atoms with E-state index in [1.165, 1.54) is 12.8 Å². The Kier molecular flexibility index (Phi) is 5.28. The third-order valence-corrected chi connectivity index (χ3v) is 4.55. The van der Waals surface area contributed by atoms with Crippen molar-refractivity contribution in [3.05, 3.63) is 35.4 Å². The summed E-state index contributed by atoms with van der Waals surface area (Å²) in [5.41, 5.74) is 1.21. The van der Waals surface area contributed by atoms with Crippen LogP contribution < -0.4 is 0 Å². The summed E-state index contributed by atoms with van der Waals surface area (Å²) < 4.78 is 5.28. The van der Waals surface area contributed by atoms with Crippen molar-refractivity contribution in [1.82, 2.24) is 9.80 Å². The Hall–Kier alpha value is -1.88. The first-order valence-corrected chi connectivity index (χ1v) is 8.52. The van der Waals surface area contributed by atoms with Gasteiger partial charge in [0.1, 0.15) is 0 Å². The van der Waals surface area contributed by atoms with E-state index in [0.29, 0.717) is 37.4 Å². The van der Waals surface area contributed by atoms with Gasteiger partial charge in [0, 0.05) is 37.3 Å². The molecule has 5 heteroatoms. The standard InChI is InChI=1S/C18H24N2O3/c21-17(19-8-3-1-2-4-9-19)15-6-5-7-16(14-15)18(22)20-10-12-23-13-11-20/h5-7,14H,1-4,8-13H2. The van der Waals surface area contributed by atoms with Crippen molar-refractivity contribution in [2.24, 2.45) is 0 Å². The average molecular weight is 316 g/mol. The van der Waals surface area contributed by atoms with E-state index >= 15 is 0 Å². The highest BCUT2D eigenvalue weighted by Crippen LogP contribution is 2.15. The van der Waals surface area contributed by atoms with Crippen LogP contribution in [0.1, 0.15) is 46.4 Å². The number of rotatable bonds is 2. The highest BCUT2D eigenvalue weighted by atomic mass is 16.5. The number of benzene rings is 1. The maximum absolute atomic E-state index is 12.7. The Morgan fingerprint density at radius 2 is 1.30 bits per heavy atom. The molecule has 2 aliphatic heterocycles. The van der Waals surface area contributed by atoms with Crippen LogP contribution in [-0.2, 0) is 4.74 Å². The van der Waals surface area contributed by atoms with Crippen molar-refractivity contribution in [3.8, 4) is 0 Å². The van der Waals surface area contributed by atoms with Gasteiger partial charge >= 0.3 is 0 Å². The van der Waals surface area contributed by atoms with E-state index in [0.717, 1.165) is 25.9 Å². The lowest BCUT2D eigenvalue weighted by molar-refractivity contribution is 0.0303. The monoisotopic (exact) mass is 316 g/mol. The fraction of sp³-hybridized carbons (Fsp3) is 0.556. The summed E-state index contributed by atoms with van der Waals surface area (Å²) in [5, 5.41) is 0. The third kappa shape index (κ3) is 3.91. The molecule has 1 aromatic carbocycles. The smallest absolute Gasteiger partial charge is 0.254 e. The van der Waals surface area contributed by atoms with Gasteiger partial charge < -0.3 is 14.5 Å². The van der Waals surface area contributed by atoms with Gasteiger partial charge in [-0.15, -0.1) is 0 Å². The lowest BCUT2D eigenvalue weighted by Crippen LogP contribution is -2.40. The van der Waals surface area contributed by atoms with Crippen LogP contribution >= 0.6 is 0 Å². The molecular formula is C18H24N2O3. The van der Waals surface area contributed by atoms with Gasteiger partial charge in [-0.25, -0.2) is 0 Å². The van der Waals surface area contributed by atoms with Crippen molar-refractivity contribution in [1.29, 1.82) is 0 Å². The minimum atomic E-state index is -0.0150. The summed E-state index contributed by atoms with van der Waals surface area (Å²) in [6.07, 6.45) is 4.52. The highest BCUT2D eigenvalue weighted by molar-refractivity contribution is 5.99. The minimum absolute atomic E-state index is 0.0150. The van der Waals surface area contributed by atoms with E-state index < -0.39 is 0 Å². The van der Waals surface area contributed by atoms with Crippen LogP contribution in [0.3, 0.4) is 0 Å². The molecule has 2 aliphatic rings. The second-order valence-electron chi connectivity index (χ2n) is 6.19. The number of carbonyl (C=O) groups excluding carboxylic acids is 2. The number of carbonyl (C=O) groups is 2. The van der Waals surface area contributed by atoms with Gasteiger partial charge in [-0.3, -0.25) is 9.59 Å². The number of nitrogens with zero attached hydrogens (tertiary/aromatic N) is 2. The van der Waals surface area contributed by atoms with Crippen LogP contribution in [-0.4, -0.2) is 61.0 Å². The van der Waals surface area contributed by atoms with Gasteiger partial charge in [0.15, 0.2) is 0 Å². The number of hydrogen-bond donors (Lipinski definition) is 0. The predicted octanol–water partition coefficient (Wildman–Crippen LogP) is 2.18. The summed E-state index contributed by atoms with van der Waals surface area (Å²) >= 11 is 0. The quantitative estimate of drug-likeness (QED) is 0.840. The molecule has 2 saturated heterocycles. The Morgan fingerprint density at radius 1 is 0.783 bits per heavy atom. The molecule has 2 heterocycles. The molecule has 0 spiro atoms. The van der Waals surface area contributed by atoms with Gasteiger partial charge in [-0.2, -0.15) is 0 Å². The molecule has 0 saturated carbocycles. The fourth-order valence-corrected chi connectivity index (χ4v) is 3.19. The maximum Gasteiger partial charge on any atom is 0.254 e. The molecule has 3 rings (SSSR count). The lowest BCUT2D eigenvalue weighted by atomic mass is 10.1. The topological polar surface area (TPSA) is 49.9 Å². The summed E-state index contributed by atoms with van der Waals surface area (Å²) in [6.45, 7) is 4.03. The Balaban J connectivity index is 1.73. The zero-order valence-corrected chi connectivity index (χ0v) is 13.5. The van der Waals surface area contributed by atoms with E-state index in [1.54, 1.807) is 23.1 Å². The Bertz CT molecular complexity index is 559. The van der Waals surface area contributed by atoms with Crippen molar-refractivity contribution >= 4 is 11.8 Å². The highest BCUT2D eigenvalue weighted by Gasteiger charge is 2.21. The van der Waals surface area contributed by atoms with Crippen LogP contribution in [0.2, 0.25) is 0 Å². The lowest BCUT2D eigenvalue weighted by Gasteiger charge is -2.27. The predicted molar refractivity (Wildman–Crippen MR) is 87.5 cm³/mol. The summed E-state index contributed by atoms with van der Waals surface area (Å²) in [6, 6.07) is 7.14. The number of morpholine rings is 1.